The van der Waals surface area contributed by atoms with Crippen molar-refractivity contribution in [1.29, 1.82) is 0 Å². The molecule has 0 aromatic carbocycles. The van der Waals surface area contributed by atoms with Gasteiger partial charge in [0.15, 0.2) is 0 Å². The maximum absolute atomic E-state index is 10.7. The minimum Gasteiger partial charge on any atom is -0.394 e. The highest BCUT2D eigenvalue weighted by molar-refractivity contribution is 5.10. The van der Waals surface area contributed by atoms with Crippen molar-refractivity contribution in [2.24, 2.45) is 0 Å². The molecule has 123 valence electrons. The summed E-state index contributed by atoms with van der Waals surface area (Å²) in [5.41, 5.74) is -2.21. The predicted octanol–water partition coefficient (Wildman–Crippen LogP) is -4.14. The highest BCUT2D eigenvalue weighted by Gasteiger charge is 2.60. The minimum absolute atomic E-state index is 0.0813. The second-order valence-electron chi connectivity index (χ2n) is 5.36. The van der Waals surface area contributed by atoms with Crippen molar-refractivity contribution in [3.63, 3.8) is 0 Å². The van der Waals surface area contributed by atoms with Gasteiger partial charge in [-0.1, -0.05) is 0 Å². The summed E-state index contributed by atoms with van der Waals surface area (Å²) >= 11 is 0. The van der Waals surface area contributed by atoms with Gasteiger partial charge in [0, 0.05) is 6.42 Å². The second kappa shape index (κ2) is 6.41. The van der Waals surface area contributed by atoms with E-state index in [-0.39, 0.29) is 6.42 Å². The van der Waals surface area contributed by atoms with E-state index in [2.05, 4.69) is 0 Å². The van der Waals surface area contributed by atoms with Crippen LogP contribution in [-0.4, -0.2) is 97.3 Å². The molecule has 1 radical (unpaired) electrons. The number of aliphatic hydroxyl groups excluding tert-OH is 6. The Morgan fingerprint density at radius 3 is 2.24 bits per heavy atom. The van der Waals surface area contributed by atoms with E-state index in [9.17, 15) is 30.6 Å². The fraction of sp³-hybridized carbons (Fsp3) is 0.917. The van der Waals surface area contributed by atoms with Crippen LogP contribution in [0.5, 0.6) is 0 Å². The Morgan fingerprint density at radius 2 is 1.67 bits per heavy atom. The SMILES string of the molecule is OC[C@H]1O[C@@H]([C@]2(O)[C@H](O)C[CH]O[C@@H]2CO)[C@H](O)[C@@H](O)[C@H]1O. The van der Waals surface area contributed by atoms with Crippen LogP contribution >= 0.6 is 0 Å². The Bertz CT molecular complexity index is 352. The third kappa shape index (κ3) is 2.69. The van der Waals surface area contributed by atoms with Gasteiger partial charge in [-0.25, -0.2) is 0 Å². The van der Waals surface area contributed by atoms with Crippen molar-refractivity contribution in [3.05, 3.63) is 6.61 Å². The standard InChI is InChI=1S/C12H21O9/c13-3-5-8(16)9(17)10(18)11(21-5)12(19)6(15)1-2-20-7(12)4-14/h2,5-11,13-19H,1,3-4H2/t5-,6-,7-,8+,9+,10-,11-,12+/m1/s1. The summed E-state index contributed by atoms with van der Waals surface area (Å²) in [6, 6.07) is 0. The summed E-state index contributed by atoms with van der Waals surface area (Å²) in [5, 5.41) is 68.7. The molecule has 0 bridgehead atoms. The van der Waals surface area contributed by atoms with Crippen molar-refractivity contribution in [2.75, 3.05) is 13.2 Å². The summed E-state index contributed by atoms with van der Waals surface area (Å²) < 4.78 is 10.3. The zero-order valence-electron chi connectivity index (χ0n) is 11.2. The third-order valence-corrected chi connectivity index (χ3v) is 4.14. The van der Waals surface area contributed by atoms with Gasteiger partial charge >= 0.3 is 0 Å². The normalized spacial score (nSPS) is 51.9. The molecule has 0 saturated carbocycles. The average Bonchev–Trinajstić information content (AvgIpc) is 2.48. The molecular weight excluding hydrogens is 288 g/mol. The first kappa shape index (κ1) is 17.0. The van der Waals surface area contributed by atoms with Gasteiger partial charge in [0.2, 0.25) is 0 Å². The van der Waals surface area contributed by atoms with E-state index in [1.54, 1.807) is 0 Å². The first-order valence-corrected chi connectivity index (χ1v) is 6.66. The Labute approximate surface area is 121 Å². The quantitative estimate of drug-likeness (QED) is 0.274. The van der Waals surface area contributed by atoms with Crippen LogP contribution in [-0.2, 0) is 9.47 Å². The predicted molar refractivity (Wildman–Crippen MR) is 65.6 cm³/mol. The van der Waals surface area contributed by atoms with Crippen LogP contribution in [0.2, 0.25) is 0 Å². The fourth-order valence-corrected chi connectivity index (χ4v) is 2.82. The molecular formula is C12H21O9. The topological polar surface area (TPSA) is 160 Å². The van der Waals surface area contributed by atoms with Crippen molar-refractivity contribution < 1.29 is 45.2 Å². The van der Waals surface area contributed by atoms with Gasteiger partial charge < -0.3 is 45.2 Å². The van der Waals surface area contributed by atoms with Crippen LogP contribution in [0.25, 0.3) is 0 Å². The number of hydrogen-bond acceptors (Lipinski definition) is 9. The lowest BCUT2D eigenvalue weighted by atomic mass is 9.76. The van der Waals surface area contributed by atoms with Crippen molar-refractivity contribution in [3.8, 4) is 0 Å². The van der Waals surface area contributed by atoms with Crippen LogP contribution in [0.1, 0.15) is 6.42 Å². The zero-order valence-corrected chi connectivity index (χ0v) is 11.2. The van der Waals surface area contributed by atoms with Crippen LogP contribution < -0.4 is 0 Å². The lowest BCUT2D eigenvalue weighted by Crippen LogP contribution is -2.73. The molecule has 2 heterocycles. The van der Waals surface area contributed by atoms with Crippen LogP contribution in [0, 0.1) is 6.61 Å². The maximum Gasteiger partial charge on any atom is 0.147 e. The molecule has 0 unspecified atom stereocenters. The number of hydrogen-bond donors (Lipinski definition) is 7. The molecule has 0 spiro atoms. The lowest BCUT2D eigenvalue weighted by molar-refractivity contribution is -0.315. The molecule has 0 amide bonds. The zero-order chi connectivity index (χ0) is 15.8. The van der Waals surface area contributed by atoms with Gasteiger partial charge in [-0.15, -0.1) is 0 Å². The second-order valence-corrected chi connectivity index (χ2v) is 5.36. The molecule has 2 aliphatic rings. The van der Waals surface area contributed by atoms with E-state index in [1.807, 2.05) is 0 Å². The van der Waals surface area contributed by atoms with E-state index in [1.165, 1.54) is 6.61 Å². The van der Waals surface area contributed by atoms with E-state index in [0.29, 0.717) is 0 Å². The van der Waals surface area contributed by atoms with Gasteiger partial charge in [0.25, 0.3) is 0 Å². The molecule has 7 N–H and O–H groups in total. The first-order chi connectivity index (χ1) is 9.87. The largest absolute Gasteiger partial charge is 0.394 e. The molecule has 21 heavy (non-hydrogen) atoms. The van der Waals surface area contributed by atoms with Gasteiger partial charge in [-0.05, 0) is 0 Å². The molecule has 0 aromatic heterocycles. The molecule has 9 heteroatoms. The maximum atomic E-state index is 10.7. The van der Waals surface area contributed by atoms with E-state index in [0.717, 1.165) is 0 Å². The molecule has 0 aromatic rings. The molecule has 2 aliphatic heterocycles. The van der Waals surface area contributed by atoms with Crippen molar-refractivity contribution in [2.45, 2.75) is 54.7 Å². The van der Waals surface area contributed by atoms with Crippen molar-refractivity contribution >= 4 is 0 Å². The molecule has 0 aliphatic carbocycles. The molecule has 8 atom stereocenters. The molecule has 2 rings (SSSR count). The Balaban J connectivity index is 2.31. The third-order valence-electron chi connectivity index (χ3n) is 4.14. The highest BCUT2D eigenvalue weighted by Crippen LogP contribution is 2.37. The van der Waals surface area contributed by atoms with Gasteiger partial charge in [0.05, 0.1) is 25.9 Å². The smallest absolute Gasteiger partial charge is 0.147 e. The summed E-state index contributed by atoms with van der Waals surface area (Å²) in [5.74, 6) is 0. The van der Waals surface area contributed by atoms with Crippen LogP contribution in [0.15, 0.2) is 0 Å². The summed E-state index contributed by atoms with van der Waals surface area (Å²) in [6.45, 7) is -0.118. The summed E-state index contributed by atoms with van der Waals surface area (Å²) in [7, 11) is 0. The Kier molecular flexibility index (Phi) is 5.19. The lowest BCUT2D eigenvalue weighted by Gasteiger charge is -2.52. The fourth-order valence-electron chi connectivity index (χ4n) is 2.82. The summed E-state index contributed by atoms with van der Waals surface area (Å²) in [4.78, 5) is 0. The number of rotatable bonds is 3. The number of aliphatic hydroxyl groups is 7. The molecule has 2 saturated heterocycles. The van der Waals surface area contributed by atoms with Gasteiger partial charge in [-0.2, -0.15) is 0 Å². The van der Waals surface area contributed by atoms with E-state index < -0.39 is 61.5 Å². The van der Waals surface area contributed by atoms with E-state index in [4.69, 9.17) is 14.6 Å². The summed E-state index contributed by atoms with van der Waals surface area (Å²) in [6.07, 6.45) is -10.6. The average molecular weight is 309 g/mol. The highest BCUT2D eigenvalue weighted by atomic mass is 16.6. The minimum atomic E-state index is -2.21. The van der Waals surface area contributed by atoms with Crippen LogP contribution in [0.4, 0.5) is 0 Å². The van der Waals surface area contributed by atoms with Gasteiger partial charge in [-0.3, -0.25) is 0 Å². The Morgan fingerprint density at radius 1 is 1.00 bits per heavy atom. The Hall–Kier alpha value is -0.360. The van der Waals surface area contributed by atoms with Crippen LogP contribution in [0.3, 0.4) is 0 Å². The van der Waals surface area contributed by atoms with Crippen molar-refractivity contribution in [1.82, 2.24) is 0 Å². The van der Waals surface area contributed by atoms with Gasteiger partial charge in [0.1, 0.15) is 42.2 Å². The number of ether oxygens (including phenoxy) is 2. The first-order valence-electron chi connectivity index (χ1n) is 6.66. The molecule has 9 nitrogen and oxygen atoms in total. The molecule has 2 fully saturated rings. The monoisotopic (exact) mass is 309 g/mol. The van der Waals surface area contributed by atoms with E-state index >= 15 is 0 Å².